The predicted octanol–water partition coefficient (Wildman–Crippen LogP) is 5.03. The number of hydrogen-bond donors (Lipinski definition) is 1. The largest absolute Gasteiger partial charge is 0.503 e. The quantitative estimate of drug-likeness (QED) is 0.301. The molecule has 2 heterocycles. The lowest BCUT2D eigenvalue weighted by molar-refractivity contribution is -0.131. The molecule has 0 spiro atoms. The van der Waals surface area contributed by atoms with Crippen LogP contribution in [0.5, 0.6) is 23.0 Å². The molecule has 1 aromatic heterocycles. The number of para-hydroxylation sites is 1. The summed E-state index contributed by atoms with van der Waals surface area (Å²) in [7, 11) is 6.03. The van der Waals surface area contributed by atoms with Crippen molar-refractivity contribution >= 4 is 22.7 Å². The summed E-state index contributed by atoms with van der Waals surface area (Å²) in [5.74, 6) is -0.0166. The van der Waals surface area contributed by atoms with E-state index in [9.17, 15) is 14.7 Å². The Morgan fingerprint density at radius 3 is 2.33 bits per heavy atom. The third-order valence-corrected chi connectivity index (χ3v) is 6.83. The topological polar surface area (TPSA) is 108 Å². The zero-order valence-electron chi connectivity index (χ0n) is 21.9. The van der Waals surface area contributed by atoms with E-state index < -0.39 is 23.0 Å². The summed E-state index contributed by atoms with van der Waals surface area (Å²) in [6, 6.07) is 18.9. The number of Topliss-reactive ketones (excluding diaryl/α,β-unsaturated/α-hetero) is 1. The number of benzene rings is 3. The highest BCUT2D eigenvalue weighted by atomic mass is 16.5. The molecule has 3 aromatic carbocycles. The molecule has 1 unspecified atom stereocenters. The molecule has 0 aliphatic carbocycles. The number of aliphatic hydroxyl groups excluding tert-OH is 1. The van der Waals surface area contributed by atoms with Crippen LogP contribution in [0.4, 0.5) is 0 Å². The van der Waals surface area contributed by atoms with Gasteiger partial charge in [0, 0.05) is 18.0 Å². The zero-order valence-corrected chi connectivity index (χ0v) is 21.9. The van der Waals surface area contributed by atoms with E-state index in [-0.39, 0.29) is 12.3 Å². The Morgan fingerprint density at radius 1 is 0.872 bits per heavy atom. The lowest BCUT2D eigenvalue weighted by Crippen LogP contribution is -2.49. The van der Waals surface area contributed by atoms with E-state index in [2.05, 4.69) is 0 Å². The van der Waals surface area contributed by atoms with Crippen LogP contribution in [0.15, 0.2) is 83.0 Å². The van der Waals surface area contributed by atoms with Gasteiger partial charge in [0.1, 0.15) is 5.75 Å². The summed E-state index contributed by atoms with van der Waals surface area (Å²) < 4.78 is 27.7. The SMILES string of the molecule is COc1cccc(CN2C(=O)C(O)=CC2(C(=O)c2cc3cccc(OC)c3o2)c2ccc(OC)c(OC)c2)c1. The van der Waals surface area contributed by atoms with Crippen molar-refractivity contribution in [1.82, 2.24) is 4.90 Å². The van der Waals surface area contributed by atoms with Gasteiger partial charge in [0.15, 0.2) is 39.9 Å². The number of carbonyl (C=O) groups is 2. The number of fused-ring (bicyclic) bond motifs is 1. The molecule has 5 rings (SSSR count). The summed E-state index contributed by atoms with van der Waals surface area (Å²) >= 11 is 0. The number of rotatable bonds is 9. The van der Waals surface area contributed by atoms with Crippen LogP contribution in [0.1, 0.15) is 21.7 Å². The van der Waals surface area contributed by atoms with E-state index >= 15 is 0 Å². The van der Waals surface area contributed by atoms with Crippen LogP contribution in [-0.4, -0.2) is 50.1 Å². The van der Waals surface area contributed by atoms with E-state index in [4.69, 9.17) is 23.4 Å². The lowest BCUT2D eigenvalue weighted by Gasteiger charge is -2.36. The molecule has 1 atom stereocenters. The third-order valence-electron chi connectivity index (χ3n) is 6.83. The minimum absolute atomic E-state index is 0.0137. The Balaban J connectivity index is 1.73. The third kappa shape index (κ3) is 4.21. The van der Waals surface area contributed by atoms with Crippen LogP contribution in [0.2, 0.25) is 0 Å². The lowest BCUT2D eigenvalue weighted by atomic mass is 9.83. The Morgan fingerprint density at radius 2 is 1.62 bits per heavy atom. The van der Waals surface area contributed by atoms with Gasteiger partial charge in [-0.2, -0.15) is 0 Å². The van der Waals surface area contributed by atoms with Crippen molar-refractivity contribution in [2.45, 2.75) is 12.1 Å². The minimum atomic E-state index is -1.77. The van der Waals surface area contributed by atoms with Gasteiger partial charge in [0.2, 0.25) is 5.78 Å². The van der Waals surface area contributed by atoms with Crippen LogP contribution >= 0.6 is 0 Å². The minimum Gasteiger partial charge on any atom is -0.503 e. The van der Waals surface area contributed by atoms with E-state index in [1.54, 1.807) is 73.8 Å². The second-order valence-corrected chi connectivity index (χ2v) is 8.93. The summed E-state index contributed by atoms with van der Waals surface area (Å²) in [4.78, 5) is 29.3. The number of methoxy groups -OCH3 is 4. The van der Waals surface area contributed by atoms with Crippen LogP contribution in [-0.2, 0) is 16.9 Å². The van der Waals surface area contributed by atoms with E-state index in [1.165, 1.54) is 32.3 Å². The van der Waals surface area contributed by atoms with Crippen LogP contribution < -0.4 is 18.9 Å². The van der Waals surface area contributed by atoms with Gasteiger partial charge in [-0.15, -0.1) is 0 Å². The standard InChI is InChI=1S/C30H27NO8/c1-35-21-9-5-7-18(13-21)17-31-29(34)22(32)16-30(31,20-11-12-23(36-2)25(15-20)38-4)28(33)26-14-19-8-6-10-24(37-3)27(19)39-26/h5-16,32H,17H2,1-4H3. The highest BCUT2D eigenvalue weighted by molar-refractivity contribution is 6.11. The Bertz CT molecular complexity index is 1600. The molecule has 0 bridgehead atoms. The molecule has 200 valence electrons. The summed E-state index contributed by atoms with van der Waals surface area (Å²) in [6.07, 6.45) is 1.25. The molecular formula is C30H27NO8. The van der Waals surface area contributed by atoms with Gasteiger partial charge in [-0.25, -0.2) is 0 Å². The van der Waals surface area contributed by atoms with Gasteiger partial charge in [-0.05, 0) is 47.5 Å². The maximum Gasteiger partial charge on any atom is 0.290 e. The van der Waals surface area contributed by atoms with Gasteiger partial charge in [0.05, 0.1) is 28.4 Å². The maximum atomic E-state index is 14.5. The zero-order chi connectivity index (χ0) is 27.7. The normalized spacial score (nSPS) is 16.8. The molecule has 1 aliphatic heterocycles. The summed E-state index contributed by atoms with van der Waals surface area (Å²) in [6.45, 7) is -0.0137. The van der Waals surface area contributed by atoms with Crippen molar-refractivity contribution in [3.8, 4) is 23.0 Å². The highest BCUT2D eigenvalue weighted by Crippen LogP contribution is 2.45. The monoisotopic (exact) mass is 529 g/mol. The highest BCUT2D eigenvalue weighted by Gasteiger charge is 2.54. The molecule has 1 N–H and O–H groups in total. The number of nitrogens with zero attached hydrogens (tertiary/aromatic N) is 1. The van der Waals surface area contributed by atoms with Crippen molar-refractivity contribution in [1.29, 1.82) is 0 Å². The number of amides is 1. The number of hydrogen-bond acceptors (Lipinski definition) is 8. The van der Waals surface area contributed by atoms with E-state index in [0.717, 1.165) is 0 Å². The van der Waals surface area contributed by atoms with Crippen molar-refractivity contribution in [2.75, 3.05) is 28.4 Å². The van der Waals surface area contributed by atoms with Crippen LogP contribution in [0.3, 0.4) is 0 Å². The van der Waals surface area contributed by atoms with Gasteiger partial charge in [0.25, 0.3) is 5.91 Å². The Kier molecular flexibility index (Phi) is 6.66. The number of ether oxygens (including phenoxy) is 4. The molecular weight excluding hydrogens is 502 g/mol. The average Bonchev–Trinajstić information content (AvgIpc) is 3.52. The number of carbonyl (C=O) groups excluding carboxylic acids is 2. The first-order chi connectivity index (χ1) is 18.9. The molecule has 9 nitrogen and oxygen atoms in total. The first-order valence-corrected chi connectivity index (χ1v) is 12.1. The molecule has 1 amide bonds. The van der Waals surface area contributed by atoms with Crippen LogP contribution in [0, 0.1) is 0 Å². The van der Waals surface area contributed by atoms with Gasteiger partial charge >= 0.3 is 0 Å². The van der Waals surface area contributed by atoms with Crippen molar-refractivity contribution < 1.29 is 38.1 Å². The molecule has 9 heteroatoms. The Hall–Kier alpha value is -4.92. The number of furan rings is 1. The predicted molar refractivity (Wildman–Crippen MR) is 143 cm³/mol. The summed E-state index contributed by atoms with van der Waals surface area (Å²) in [5.41, 5.74) is -0.319. The van der Waals surface area contributed by atoms with Crippen molar-refractivity contribution in [2.24, 2.45) is 0 Å². The molecule has 0 saturated heterocycles. The molecule has 1 aliphatic rings. The molecule has 39 heavy (non-hydrogen) atoms. The molecule has 4 aromatic rings. The number of aliphatic hydroxyl groups is 1. The second kappa shape index (κ2) is 10.1. The fourth-order valence-corrected chi connectivity index (χ4v) is 4.91. The van der Waals surface area contributed by atoms with Gasteiger partial charge in [-0.3, -0.25) is 9.59 Å². The molecule has 0 radical (unpaired) electrons. The van der Waals surface area contributed by atoms with Gasteiger partial charge < -0.3 is 33.4 Å². The van der Waals surface area contributed by atoms with Crippen LogP contribution in [0.25, 0.3) is 11.0 Å². The maximum absolute atomic E-state index is 14.5. The molecule has 0 fully saturated rings. The Labute approximate surface area is 224 Å². The van der Waals surface area contributed by atoms with Crippen molar-refractivity contribution in [3.05, 3.63) is 95.5 Å². The van der Waals surface area contributed by atoms with E-state index in [1.807, 2.05) is 0 Å². The molecule has 0 saturated carbocycles. The first-order valence-electron chi connectivity index (χ1n) is 12.1. The average molecular weight is 530 g/mol. The fourth-order valence-electron chi connectivity index (χ4n) is 4.91. The number of ketones is 1. The first kappa shape index (κ1) is 25.7. The van der Waals surface area contributed by atoms with E-state index in [0.29, 0.717) is 45.1 Å². The van der Waals surface area contributed by atoms with Gasteiger partial charge in [-0.1, -0.05) is 30.3 Å². The smallest absolute Gasteiger partial charge is 0.290 e. The second-order valence-electron chi connectivity index (χ2n) is 8.93. The summed E-state index contributed by atoms with van der Waals surface area (Å²) in [5, 5.41) is 11.4. The van der Waals surface area contributed by atoms with Crippen molar-refractivity contribution in [3.63, 3.8) is 0 Å². The fraction of sp³-hybridized carbons (Fsp3) is 0.200.